The molecule has 440 valence electrons. The molecule has 3 aliphatic heterocycles. The Balaban J connectivity index is 1.21. The van der Waals surface area contributed by atoms with Crippen LogP contribution in [0.4, 0.5) is 16.2 Å². The van der Waals surface area contributed by atoms with E-state index in [0.717, 1.165) is 12.1 Å². The molecular weight excluding hydrogens is 1080 g/mol. The number of phenols is 2. The zero-order valence-corrected chi connectivity index (χ0v) is 50.7. The predicted octanol–water partition coefficient (Wildman–Crippen LogP) is 8.14. The number of phenolic OH excluding ortho intramolecular Hbond substituents is 2. The van der Waals surface area contributed by atoms with E-state index in [1.165, 1.54) is 64.3 Å². The van der Waals surface area contributed by atoms with E-state index in [-0.39, 0.29) is 63.8 Å². The van der Waals surface area contributed by atoms with E-state index in [0.29, 0.717) is 49.5 Å². The number of urea groups is 1. The number of aromatic hydroxyl groups is 2. The second-order valence-corrected chi connectivity index (χ2v) is 24.8. The van der Waals surface area contributed by atoms with E-state index < -0.39 is 101 Å². The van der Waals surface area contributed by atoms with Crippen molar-refractivity contribution in [2.75, 3.05) is 51.0 Å². The molecule has 0 aliphatic carbocycles. The van der Waals surface area contributed by atoms with Crippen LogP contribution in [0.15, 0.2) is 70.9 Å². The summed E-state index contributed by atoms with van der Waals surface area (Å²) in [4.78, 5) is 81.5. The Morgan fingerprint density at radius 3 is 2.15 bits per heavy atom. The summed E-state index contributed by atoms with van der Waals surface area (Å²) < 4.78 is 41.4. The van der Waals surface area contributed by atoms with Crippen molar-refractivity contribution in [1.29, 1.82) is 0 Å². The van der Waals surface area contributed by atoms with Gasteiger partial charge in [0.15, 0.2) is 19.9 Å². The van der Waals surface area contributed by atoms with Crippen molar-refractivity contribution >= 4 is 69.5 Å². The Hall–Kier alpha value is -6.30. The molecule has 3 aromatic rings. The molecule has 0 aromatic heterocycles. The molecule has 6 rings (SSSR count). The number of aliphatic hydroxyl groups excluding tert-OH is 1. The van der Waals surface area contributed by atoms with E-state index in [2.05, 4.69) is 45.2 Å². The molecule has 0 radical (unpaired) electrons. The van der Waals surface area contributed by atoms with Gasteiger partial charge in [0.2, 0.25) is 0 Å². The van der Waals surface area contributed by atoms with Crippen molar-refractivity contribution in [3.8, 4) is 17.2 Å². The lowest BCUT2D eigenvalue weighted by molar-refractivity contribution is -0.166. The first-order valence-corrected chi connectivity index (χ1v) is 28.9. The number of carbonyl (C=O) groups excluding carboxylic acids is 5. The lowest BCUT2D eigenvalue weighted by Crippen LogP contribution is -2.48. The second-order valence-electron chi connectivity index (χ2n) is 22.5. The standard InChI is InChI=1S/C59H80N6O14P2/c1-15-16-32(6)56(72)61-48-47-46(62-59(63-47)22-24-65(25-23-59)28-30(2)3)43-44(51(48)70)50(69)36(10)54-45(43)55(71)58(12,79-54)76-26-21-40(75-14)33(7)53(77-37(11)66)35(9)49(68)34(8)52(31(4)5)78-41(67)29-64(13)57(73)60-39-19-17-38(18-20-39)27-42(80)81-74/h15-21,26,30-31,33-35,40,42,49,52-53,68-70H,1,22-25,27-29,80H2,2-14H3,(H,60,73)(H,61,72)/b26-21+,32-16-/t33-,34+,35-,40+,42?,49-,52+,53-,58+/m1/s1. The first kappa shape index (κ1) is 63.9. The molecule has 0 saturated carbocycles. The number of ether oxygens (including phenoxy) is 5. The van der Waals surface area contributed by atoms with Crippen LogP contribution >= 0.6 is 17.7 Å². The van der Waals surface area contributed by atoms with Crippen LogP contribution in [0.25, 0.3) is 10.8 Å². The summed E-state index contributed by atoms with van der Waals surface area (Å²) >= 11 is 0. The molecule has 0 bridgehead atoms. The molecule has 1 fully saturated rings. The average Bonchev–Trinajstić information content (AvgIpc) is 4.16. The van der Waals surface area contributed by atoms with Crippen molar-refractivity contribution in [3.63, 3.8) is 0 Å². The summed E-state index contributed by atoms with van der Waals surface area (Å²) in [6.07, 6.45) is 3.45. The molecule has 81 heavy (non-hydrogen) atoms. The largest absolute Gasteiger partial charge is 0.507 e. The fourth-order valence-corrected chi connectivity index (χ4v) is 11.5. The number of hydrogen-bond acceptors (Lipinski definition) is 17. The average molecular weight is 1160 g/mol. The van der Waals surface area contributed by atoms with E-state index in [9.17, 15) is 43.9 Å². The monoisotopic (exact) mass is 1160 g/mol. The van der Waals surface area contributed by atoms with E-state index >= 15 is 0 Å². The van der Waals surface area contributed by atoms with Crippen LogP contribution in [0, 0.1) is 36.5 Å². The SMILES string of the molecule is C=C/C=C(/C)C(=O)Nc1c(O)c2c(O)c(C)c3c(c2c2c1=NC1(CCN(CC(C)C)CC1)N=2)C(=O)[C@@](C)(O/C=C/[C@H](OC)[C@@H](C)[C@@H](OC(C)=O)[C@H](C)[C@H](O)[C@H](C)[C@@H](OC(=O)CN(C)C(=O)Nc1ccc(CC(P)P=O)cc1)C(C)C)O3. The van der Waals surface area contributed by atoms with Gasteiger partial charge >= 0.3 is 23.8 Å². The van der Waals surface area contributed by atoms with Gasteiger partial charge in [0.25, 0.3) is 11.7 Å². The molecule has 3 aromatic carbocycles. The summed E-state index contributed by atoms with van der Waals surface area (Å²) in [6, 6.07) is 6.51. The molecule has 1 saturated heterocycles. The molecule has 3 amide bonds. The van der Waals surface area contributed by atoms with Crippen LogP contribution in [0.3, 0.4) is 0 Å². The summed E-state index contributed by atoms with van der Waals surface area (Å²) in [6.45, 7) is 24.5. The number of nitrogens with zero attached hydrogens (tertiary/aromatic N) is 4. The number of methoxy groups -OCH3 is 1. The van der Waals surface area contributed by atoms with E-state index in [1.807, 2.05) is 26.0 Å². The molecule has 3 aliphatic rings. The highest BCUT2D eigenvalue weighted by Gasteiger charge is 2.50. The van der Waals surface area contributed by atoms with Crippen molar-refractivity contribution in [2.24, 2.45) is 39.6 Å². The Morgan fingerprint density at radius 1 is 0.938 bits per heavy atom. The van der Waals surface area contributed by atoms with Crippen molar-refractivity contribution in [2.45, 2.75) is 137 Å². The highest BCUT2D eigenvalue weighted by molar-refractivity contribution is 7.41. The lowest BCUT2D eigenvalue weighted by Gasteiger charge is -2.39. The number of Topliss-reactive ketones (excluding diaryl/α,β-unsaturated/α-hetero) is 1. The number of likely N-dealkylation sites (tertiary alicyclic amines) is 1. The van der Waals surface area contributed by atoms with Gasteiger partial charge in [0, 0.05) is 100 Å². The Labute approximate surface area is 477 Å². The minimum Gasteiger partial charge on any atom is -0.507 e. The minimum atomic E-state index is -2.04. The highest BCUT2D eigenvalue weighted by Crippen LogP contribution is 2.50. The number of anilines is 2. The maximum absolute atomic E-state index is 15.0. The Bertz CT molecular complexity index is 3090. The summed E-state index contributed by atoms with van der Waals surface area (Å²) in [5.74, 6) is -7.49. The number of piperidine rings is 1. The first-order valence-electron chi connectivity index (χ1n) is 27.3. The maximum atomic E-state index is 15.0. The molecular formula is C59H80N6O14P2. The van der Waals surface area contributed by atoms with Gasteiger partial charge in [0.05, 0.1) is 40.2 Å². The predicted molar refractivity (Wildman–Crippen MR) is 311 cm³/mol. The smallest absolute Gasteiger partial charge is 0.325 e. The minimum absolute atomic E-state index is 0.000822. The Kier molecular flexibility index (Phi) is 21.1. The van der Waals surface area contributed by atoms with E-state index in [1.54, 1.807) is 39.8 Å². The van der Waals surface area contributed by atoms with Crippen molar-refractivity contribution in [3.05, 3.63) is 88.3 Å². The van der Waals surface area contributed by atoms with Gasteiger partial charge in [0.1, 0.15) is 41.3 Å². The third-order valence-corrected chi connectivity index (χ3v) is 16.4. The van der Waals surface area contributed by atoms with Crippen molar-refractivity contribution in [1.82, 2.24) is 9.80 Å². The number of amides is 3. The number of nitrogens with one attached hydrogen (secondary N) is 2. The molecule has 10 atom stereocenters. The molecule has 2 unspecified atom stereocenters. The zero-order valence-electron chi connectivity index (χ0n) is 48.7. The number of fused-ring (bicyclic) bond motifs is 5. The molecule has 1 spiro atoms. The summed E-state index contributed by atoms with van der Waals surface area (Å²) in [5, 5.41) is 41.8. The second kappa shape index (κ2) is 26.7. The van der Waals surface area contributed by atoms with Crippen LogP contribution in [0.5, 0.6) is 17.2 Å². The summed E-state index contributed by atoms with van der Waals surface area (Å²) in [5.41, 5.74) is 0.784. The number of benzene rings is 3. The number of ketones is 1. The first-order chi connectivity index (χ1) is 38.1. The van der Waals surface area contributed by atoms with Crippen LogP contribution in [0.2, 0.25) is 0 Å². The van der Waals surface area contributed by atoms with Gasteiger partial charge in [-0.2, -0.15) is 0 Å². The maximum Gasteiger partial charge on any atom is 0.325 e. The van der Waals surface area contributed by atoms with Gasteiger partial charge < -0.3 is 59.4 Å². The van der Waals surface area contributed by atoms with Crippen LogP contribution in [0.1, 0.15) is 104 Å². The number of carbonyl (C=O) groups is 5. The lowest BCUT2D eigenvalue weighted by atomic mass is 9.78. The zero-order chi connectivity index (χ0) is 60.0. The van der Waals surface area contributed by atoms with Gasteiger partial charge in [-0.15, -0.1) is 9.24 Å². The van der Waals surface area contributed by atoms with Crippen molar-refractivity contribution < 1.29 is 67.5 Å². The van der Waals surface area contributed by atoms with E-state index in [4.69, 9.17) is 33.7 Å². The number of likely N-dealkylation sites (N-methyl/N-ethyl adjacent to an activating group) is 1. The fraction of sp³-hybridized carbons (Fsp3) is 0.542. The topological polar surface area (TPSA) is 265 Å². The number of esters is 2. The molecule has 5 N–H and O–H groups in total. The molecule has 3 heterocycles. The van der Waals surface area contributed by atoms with Crippen LogP contribution < -0.4 is 26.1 Å². The van der Waals surface area contributed by atoms with Crippen LogP contribution in [-0.4, -0.2) is 136 Å². The van der Waals surface area contributed by atoms with Gasteiger partial charge in [-0.1, -0.05) is 79.3 Å². The normalized spacial score (nSPS) is 19.8. The third-order valence-electron chi connectivity index (χ3n) is 15.4. The van der Waals surface area contributed by atoms with Crippen LogP contribution in [-0.2, 0) is 44.3 Å². The molecule has 22 heteroatoms. The fourth-order valence-electron chi connectivity index (χ4n) is 10.9. The number of rotatable bonds is 24. The number of allylic oxidation sites excluding steroid dienone is 2. The Morgan fingerprint density at radius 2 is 1.57 bits per heavy atom. The highest BCUT2D eigenvalue weighted by atomic mass is 31.1. The number of hydrogen-bond donors (Lipinski definition) is 5. The molecule has 20 nitrogen and oxygen atoms in total. The van der Waals surface area contributed by atoms with Gasteiger partial charge in [-0.3, -0.25) is 33.7 Å². The number of aliphatic hydroxyl groups is 1. The quantitative estimate of drug-likeness (QED) is 0.0142. The van der Waals surface area contributed by atoms with Gasteiger partial charge in [-0.05, 0) is 55.9 Å². The van der Waals surface area contributed by atoms with Gasteiger partial charge in [-0.25, -0.2) is 4.79 Å². The summed E-state index contributed by atoms with van der Waals surface area (Å²) in [7, 11) is 5.41. The third kappa shape index (κ3) is 14.3.